The van der Waals surface area contributed by atoms with Crippen LogP contribution < -0.4 is 0 Å². The molecule has 1 heterocycles. The quantitative estimate of drug-likeness (QED) is 0.296. The summed E-state index contributed by atoms with van der Waals surface area (Å²) >= 11 is 3.51. The summed E-state index contributed by atoms with van der Waals surface area (Å²) in [6, 6.07) is 12.9. The van der Waals surface area contributed by atoms with E-state index in [2.05, 4.69) is 88.8 Å². The van der Waals surface area contributed by atoms with Crippen LogP contribution in [0.5, 0.6) is 0 Å². The Morgan fingerprint density at radius 1 is 1.06 bits per heavy atom. The fourth-order valence-electron chi connectivity index (χ4n) is 4.94. The molecule has 0 aliphatic heterocycles. The third-order valence-corrected chi connectivity index (χ3v) is 7.88. The van der Waals surface area contributed by atoms with Gasteiger partial charge in [0, 0.05) is 41.4 Å². The Labute approximate surface area is 220 Å². The predicted molar refractivity (Wildman–Crippen MR) is 146 cm³/mol. The first-order valence-electron chi connectivity index (χ1n) is 13.4. The van der Waals surface area contributed by atoms with Crippen molar-refractivity contribution in [3.05, 3.63) is 58.3 Å². The highest BCUT2D eigenvalue weighted by Crippen LogP contribution is 2.25. The molecule has 1 saturated carbocycles. The predicted octanol–water partition coefficient (Wildman–Crippen LogP) is 6.78. The van der Waals surface area contributed by atoms with Crippen LogP contribution in [-0.2, 0) is 22.7 Å². The van der Waals surface area contributed by atoms with E-state index >= 15 is 0 Å². The lowest BCUT2D eigenvalue weighted by Gasteiger charge is -2.37. The van der Waals surface area contributed by atoms with Gasteiger partial charge in [0.15, 0.2) is 0 Å². The van der Waals surface area contributed by atoms with E-state index in [-0.39, 0.29) is 30.4 Å². The Balaban J connectivity index is 1.79. The molecular formula is C29H42BrN3O2. The van der Waals surface area contributed by atoms with Crippen LogP contribution in [0.3, 0.4) is 0 Å². The van der Waals surface area contributed by atoms with Crippen molar-refractivity contribution in [2.24, 2.45) is 0 Å². The molecule has 3 rings (SSSR count). The number of carbonyl (C=O) groups excluding carboxylic acids is 2. The largest absolute Gasteiger partial charge is 0.345 e. The van der Waals surface area contributed by atoms with Crippen molar-refractivity contribution in [1.82, 2.24) is 14.4 Å². The molecule has 0 saturated heterocycles. The zero-order valence-electron chi connectivity index (χ0n) is 21.7. The van der Waals surface area contributed by atoms with Crippen molar-refractivity contribution in [1.29, 1.82) is 0 Å². The molecule has 0 bridgehead atoms. The maximum absolute atomic E-state index is 13.8. The summed E-state index contributed by atoms with van der Waals surface area (Å²) in [7, 11) is 0. The Morgan fingerprint density at radius 2 is 1.77 bits per heavy atom. The third-order valence-electron chi connectivity index (χ3n) is 7.35. The van der Waals surface area contributed by atoms with Crippen molar-refractivity contribution in [2.45, 2.75) is 104 Å². The van der Waals surface area contributed by atoms with E-state index in [1.165, 1.54) is 24.8 Å². The summed E-state index contributed by atoms with van der Waals surface area (Å²) in [4.78, 5) is 30.7. The Hall–Kier alpha value is -2.08. The molecule has 35 heavy (non-hydrogen) atoms. The van der Waals surface area contributed by atoms with E-state index in [1.807, 2.05) is 4.90 Å². The van der Waals surface area contributed by atoms with E-state index in [4.69, 9.17) is 0 Å². The number of halogens is 1. The highest BCUT2D eigenvalue weighted by atomic mass is 79.9. The monoisotopic (exact) mass is 543 g/mol. The second kappa shape index (κ2) is 13.9. The van der Waals surface area contributed by atoms with Gasteiger partial charge in [-0.2, -0.15) is 0 Å². The lowest BCUT2D eigenvalue weighted by Crippen LogP contribution is -2.49. The van der Waals surface area contributed by atoms with Gasteiger partial charge in [-0.25, -0.2) is 0 Å². The van der Waals surface area contributed by atoms with Crippen molar-refractivity contribution in [2.75, 3.05) is 6.54 Å². The molecule has 0 radical (unpaired) electrons. The molecule has 0 N–H and O–H groups in total. The first-order chi connectivity index (χ1) is 16.9. The first-order valence-corrected chi connectivity index (χ1v) is 14.2. The fraction of sp³-hybridized carbons (Fsp3) is 0.586. The molecular weight excluding hydrogens is 502 g/mol. The summed E-state index contributed by atoms with van der Waals surface area (Å²) < 4.78 is 3.31. The van der Waals surface area contributed by atoms with Gasteiger partial charge < -0.3 is 14.4 Å². The van der Waals surface area contributed by atoms with Gasteiger partial charge in [0.05, 0.1) is 6.54 Å². The maximum Gasteiger partial charge on any atom is 0.242 e. The number of rotatable bonds is 12. The molecule has 2 amide bonds. The van der Waals surface area contributed by atoms with Crippen LogP contribution in [0, 0.1) is 0 Å². The minimum absolute atomic E-state index is 0.0674. The molecule has 0 spiro atoms. The summed E-state index contributed by atoms with van der Waals surface area (Å²) in [5.74, 6) is 0.190. The Kier molecular flexibility index (Phi) is 10.9. The molecule has 1 fully saturated rings. The third kappa shape index (κ3) is 7.96. The number of unbranched alkanes of at least 4 members (excludes halogenated alkanes) is 1. The summed E-state index contributed by atoms with van der Waals surface area (Å²) in [6.07, 6.45) is 11.0. The van der Waals surface area contributed by atoms with Gasteiger partial charge in [-0.1, -0.05) is 67.6 Å². The standard InChI is InChI=1S/C29H42BrN3O2/c1-4-6-14-28(34)32(23(3)5-2)22-29(35)33(26-11-8-7-9-12-26)21-27-13-10-19-31(27)20-24-15-17-25(30)18-16-24/h10,13,15-19,23,26H,4-9,11-12,14,20-22H2,1-3H3. The minimum atomic E-state index is 0.0674. The average molecular weight is 545 g/mol. The molecule has 5 nitrogen and oxygen atoms in total. The topological polar surface area (TPSA) is 45.6 Å². The van der Waals surface area contributed by atoms with Gasteiger partial charge >= 0.3 is 0 Å². The van der Waals surface area contributed by atoms with E-state index in [1.54, 1.807) is 0 Å². The van der Waals surface area contributed by atoms with Crippen LogP contribution in [0.25, 0.3) is 0 Å². The van der Waals surface area contributed by atoms with E-state index < -0.39 is 0 Å². The van der Waals surface area contributed by atoms with Crippen molar-refractivity contribution in [3.8, 4) is 0 Å². The van der Waals surface area contributed by atoms with Crippen molar-refractivity contribution < 1.29 is 9.59 Å². The van der Waals surface area contributed by atoms with Gasteiger partial charge in [0.1, 0.15) is 6.54 Å². The SMILES string of the molecule is CCCCC(=O)N(CC(=O)N(Cc1cccn1Cc1ccc(Br)cc1)C1CCCCC1)C(C)CC. The van der Waals surface area contributed by atoms with Gasteiger partial charge in [-0.15, -0.1) is 0 Å². The van der Waals surface area contributed by atoms with Crippen molar-refractivity contribution >= 4 is 27.7 Å². The zero-order valence-corrected chi connectivity index (χ0v) is 23.3. The molecule has 2 aromatic rings. The smallest absolute Gasteiger partial charge is 0.242 e. The number of amides is 2. The molecule has 1 aromatic heterocycles. The van der Waals surface area contributed by atoms with Gasteiger partial charge in [-0.3, -0.25) is 9.59 Å². The number of hydrogen-bond donors (Lipinski definition) is 0. The highest BCUT2D eigenvalue weighted by molar-refractivity contribution is 9.10. The van der Waals surface area contributed by atoms with E-state index in [0.717, 1.165) is 48.8 Å². The number of aromatic nitrogens is 1. The molecule has 192 valence electrons. The van der Waals surface area contributed by atoms with Crippen LogP contribution in [-0.4, -0.2) is 44.8 Å². The van der Waals surface area contributed by atoms with Crippen LogP contribution in [0.1, 0.15) is 89.8 Å². The van der Waals surface area contributed by atoms with Crippen LogP contribution >= 0.6 is 15.9 Å². The highest BCUT2D eigenvalue weighted by Gasteiger charge is 2.30. The second-order valence-corrected chi connectivity index (χ2v) is 10.9. The summed E-state index contributed by atoms with van der Waals surface area (Å²) in [5, 5.41) is 0. The normalized spacial score (nSPS) is 15.1. The first kappa shape index (κ1) is 27.5. The summed E-state index contributed by atoms with van der Waals surface area (Å²) in [5.41, 5.74) is 2.37. The average Bonchev–Trinajstić information content (AvgIpc) is 3.32. The van der Waals surface area contributed by atoms with Crippen LogP contribution in [0.4, 0.5) is 0 Å². The molecule has 1 atom stereocenters. The number of hydrogen-bond acceptors (Lipinski definition) is 2. The maximum atomic E-state index is 13.8. The molecule has 1 unspecified atom stereocenters. The number of carbonyl (C=O) groups is 2. The van der Waals surface area contributed by atoms with Crippen molar-refractivity contribution in [3.63, 3.8) is 0 Å². The fourth-order valence-corrected chi connectivity index (χ4v) is 5.20. The lowest BCUT2D eigenvalue weighted by molar-refractivity contribution is -0.144. The van der Waals surface area contributed by atoms with Crippen LogP contribution in [0.2, 0.25) is 0 Å². The van der Waals surface area contributed by atoms with Gasteiger partial charge in [0.25, 0.3) is 0 Å². The molecule has 1 aromatic carbocycles. The lowest BCUT2D eigenvalue weighted by atomic mass is 9.94. The number of nitrogens with zero attached hydrogens (tertiary/aromatic N) is 3. The zero-order chi connectivity index (χ0) is 25.2. The van der Waals surface area contributed by atoms with E-state index in [9.17, 15) is 9.59 Å². The van der Waals surface area contributed by atoms with Gasteiger partial charge in [-0.05, 0) is 62.4 Å². The molecule has 1 aliphatic carbocycles. The van der Waals surface area contributed by atoms with Crippen LogP contribution in [0.15, 0.2) is 47.1 Å². The van der Waals surface area contributed by atoms with Gasteiger partial charge in [0.2, 0.25) is 11.8 Å². The second-order valence-electron chi connectivity index (χ2n) is 9.95. The van der Waals surface area contributed by atoms with E-state index in [0.29, 0.717) is 13.0 Å². The summed E-state index contributed by atoms with van der Waals surface area (Å²) in [6.45, 7) is 7.79. The Morgan fingerprint density at radius 3 is 2.43 bits per heavy atom. The Bertz CT molecular complexity index is 934. The minimum Gasteiger partial charge on any atom is -0.345 e. The number of benzene rings is 1. The molecule has 6 heteroatoms. The molecule has 1 aliphatic rings.